The lowest BCUT2D eigenvalue weighted by molar-refractivity contribution is 0.226. The molecule has 0 saturated carbocycles. The third-order valence-electron chi connectivity index (χ3n) is 3.59. The van der Waals surface area contributed by atoms with Crippen LogP contribution in [0.1, 0.15) is 42.2 Å². The average molecular weight is 283 g/mol. The van der Waals surface area contributed by atoms with Crippen LogP contribution in [0.2, 0.25) is 0 Å². The van der Waals surface area contributed by atoms with Crippen LogP contribution in [-0.4, -0.2) is 16.5 Å². The molecule has 0 saturated heterocycles. The summed E-state index contributed by atoms with van der Waals surface area (Å²) >= 11 is 0. The number of hydrogen-bond donors (Lipinski definition) is 1. The second kappa shape index (κ2) is 6.22. The van der Waals surface area contributed by atoms with E-state index in [-0.39, 0.29) is 6.10 Å². The largest absolute Gasteiger partial charge is 0.482 e. The molecule has 1 aromatic heterocycles. The van der Waals surface area contributed by atoms with Gasteiger partial charge >= 0.3 is 0 Å². The van der Waals surface area contributed by atoms with Gasteiger partial charge in [-0.3, -0.25) is 0 Å². The van der Waals surface area contributed by atoms with Crippen molar-refractivity contribution in [2.45, 2.75) is 39.3 Å². The summed E-state index contributed by atoms with van der Waals surface area (Å²) in [4.78, 5) is 9.24. The molecule has 0 radical (unpaired) electrons. The van der Waals surface area contributed by atoms with Crippen molar-refractivity contribution in [3.8, 4) is 5.75 Å². The zero-order valence-corrected chi connectivity index (χ0v) is 12.6. The molecule has 2 heterocycles. The summed E-state index contributed by atoms with van der Waals surface area (Å²) in [5.74, 6) is 1.75. The molecule has 0 spiro atoms. The molecule has 1 aliphatic rings. The minimum Gasteiger partial charge on any atom is -0.482 e. The molecule has 1 unspecified atom stereocenters. The molecule has 1 aliphatic heterocycles. The third-order valence-corrected chi connectivity index (χ3v) is 3.59. The van der Waals surface area contributed by atoms with E-state index in [1.54, 1.807) is 0 Å². The quantitative estimate of drug-likeness (QED) is 0.857. The number of aryl methyl sites for hydroxylation is 1. The van der Waals surface area contributed by atoms with E-state index in [1.807, 2.05) is 31.2 Å². The fraction of sp³-hybridized carbons (Fsp3) is 0.412. The zero-order valence-electron chi connectivity index (χ0n) is 12.6. The number of rotatable bonds is 5. The molecular formula is C17H21N3O. The maximum Gasteiger partial charge on any atom is 0.170 e. The molecule has 1 aromatic carbocycles. The van der Waals surface area contributed by atoms with Gasteiger partial charge in [-0.15, -0.1) is 0 Å². The van der Waals surface area contributed by atoms with Gasteiger partial charge in [-0.1, -0.05) is 25.1 Å². The number of nitrogens with one attached hydrogen (secondary N) is 1. The topological polar surface area (TPSA) is 47.0 Å². The van der Waals surface area contributed by atoms with E-state index in [4.69, 9.17) is 4.74 Å². The Morgan fingerprint density at radius 1 is 1.29 bits per heavy atom. The second-order valence-corrected chi connectivity index (χ2v) is 5.45. The van der Waals surface area contributed by atoms with Gasteiger partial charge in [0, 0.05) is 18.7 Å². The van der Waals surface area contributed by atoms with Crippen LogP contribution in [0.15, 0.2) is 30.3 Å². The van der Waals surface area contributed by atoms with Crippen molar-refractivity contribution in [3.05, 3.63) is 53.1 Å². The number of aromatic nitrogens is 2. The molecule has 4 nitrogen and oxygen atoms in total. The first-order chi connectivity index (χ1) is 10.3. The first kappa shape index (κ1) is 14.0. The fourth-order valence-electron chi connectivity index (χ4n) is 2.61. The number of ether oxygens (including phenoxy) is 1. The predicted molar refractivity (Wildman–Crippen MR) is 82.3 cm³/mol. The standard InChI is InChI=1S/C17H21N3O/c1-3-8-18-11-14-9-12(2)19-17(20-14)16-10-13-6-4-5-7-15(13)21-16/h4-7,9,16,18H,3,8,10-11H2,1-2H3. The van der Waals surface area contributed by atoms with Crippen LogP contribution >= 0.6 is 0 Å². The van der Waals surface area contributed by atoms with Gasteiger partial charge in [0.2, 0.25) is 0 Å². The highest BCUT2D eigenvalue weighted by Gasteiger charge is 2.26. The Bertz CT molecular complexity index is 602. The SMILES string of the molecule is CCCNCc1cc(C)nc(C2Cc3ccccc3O2)n1. The first-order valence-electron chi connectivity index (χ1n) is 7.56. The van der Waals surface area contributed by atoms with Gasteiger partial charge in [0.15, 0.2) is 11.9 Å². The summed E-state index contributed by atoms with van der Waals surface area (Å²) in [5, 5.41) is 3.38. The van der Waals surface area contributed by atoms with Crippen molar-refractivity contribution in [1.29, 1.82) is 0 Å². The Labute approximate surface area is 125 Å². The number of benzene rings is 1. The summed E-state index contributed by atoms with van der Waals surface area (Å²) in [6, 6.07) is 10.2. The third kappa shape index (κ3) is 3.22. The Morgan fingerprint density at radius 3 is 2.95 bits per heavy atom. The van der Waals surface area contributed by atoms with Gasteiger partial charge in [-0.05, 0) is 37.6 Å². The molecule has 0 bridgehead atoms. The van der Waals surface area contributed by atoms with Crippen molar-refractivity contribution >= 4 is 0 Å². The molecule has 3 rings (SSSR count). The van der Waals surface area contributed by atoms with E-state index in [0.717, 1.165) is 48.9 Å². The van der Waals surface area contributed by atoms with E-state index >= 15 is 0 Å². The molecule has 0 amide bonds. The molecule has 110 valence electrons. The Morgan fingerprint density at radius 2 is 2.14 bits per heavy atom. The molecule has 21 heavy (non-hydrogen) atoms. The highest BCUT2D eigenvalue weighted by atomic mass is 16.5. The van der Waals surface area contributed by atoms with Gasteiger partial charge in [0.1, 0.15) is 5.75 Å². The first-order valence-corrected chi connectivity index (χ1v) is 7.56. The smallest absolute Gasteiger partial charge is 0.170 e. The molecule has 1 atom stereocenters. The summed E-state index contributed by atoms with van der Waals surface area (Å²) in [7, 11) is 0. The highest BCUT2D eigenvalue weighted by Crippen LogP contribution is 2.35. The van der Waals surface area contributed by atoms with E-state index in [0.29, 0.717) is 0 Å². The van der Waals surface area contributed by atoms with Crippen molar-refractivity contribution < 1.29 is 4.74 Å². The summed E-state index contributed by atoms with van der Waals surface area (Å²) < 4.78 is 5.98. The van der Waals surface area contributed by atoms with Gasteiger partial charge in [0.05, 0.1) is 5.69 Å². The van der Waals surface area contributed by atoms with Crippen LogP contribution in [0, 0.1) is 6.92 Å². The van der Waals surface area contributed by atoms with Gasteiger partial charge in [-0.25, -0.2) is 9.97 Å². The van der Waals surface area contributed by atoms with Crippen LogP contribution in [0.4, 0.5) is 0 Å². The summed E-state index contributed by atoms with van der Waals surface area (Å²) in [6.45, 7) is 5.96. The molecule has 4 heteroatoms. The lowest BCUT2D eigenvalue weighted by atomic mass is 10.1. The number of hydrogen-bond acceptors (Lipinski definition) is 4. The fourth-order valence-corrected chi connectivity index (χ4v) is 2.61. The average Bonchev–Trinajstić information content (AvgIpc) is 2.91. The van der Waals surface area contributed by atoms with E-state index in [2.05, 4.69) is 28.3 Å². The van der Waals surface area contributed by atoms with E-state index < -0.39 is 0 Å². The van der Waals surface area contributed by atoms with Crippen LogP contribution in [0.3, 0.4) is 0 Å². The molecular weight excluding hydrogens is 262 g/mol. The summed E-state index contributed by atoms with van der Waals surface area (Å²) in [6.07, 6.45) is 1.91. The molecule has 0 aliphatic carbocycles. The maximum absolute atomic E-state index is 5.98. The Hall–Kier alpha value is -1.94. The van der Waals surface area contributed by atoms with Crippen molar-refractivity contribution in [2.24, 2.45) is 0 Å². The van der Waals surface area contributed by atoms with Gasteiger partial charge < -0.3 is 10.1 Å². The minimum atomic E-state index is -0.0628. The number of fused-ring (bicyclic) bond motifs is 1. The van der Waals surface area contributed by atoms with Crippen LogP contribution in [0.5, 0.6) is 5.75 Å². The molecule has 0 fully saturated rings. The maximum atomic E-state index is 5.98. The van der Waals surface area contributed by atoms with E-state index in [9.17, 15) is 0 Å². The molecule has 1 N–H and O–H groups in total. The lowest BCUT2D eigenvalue weighted by Gasteiger charge is -2.12. The number of nitrogens with zero attached hydrogens (tertiary/aromatic N) is 2. The van der Waals surface area contributed by atoms with Crippen molar-refractivity contribution in [1.82, 2.24) is 15.3 Å². The monoisotopic (exact) mass is 283 g/mol. The Balaban J connectivity index is 1.77. The van der Waals surface area contributed by atoms with E-state index in [1.165, 1.54) is 5.56 Å². The second-order valence-electron chi connectivity index (χ2n) is 5.45. The summed E-state index contributed by atoms with van der Waals surface area (Å²) in [5.41, 5.74) is 3.26. The number of para-hydroxylation sites is 1. The zero-order chi connectivity index (χ0) is 14.7. The normalized spacial score (nSPS) is 16.6. The van der Waals surface area contributed by atoms with Crippen LogP contribution < -0.4 is 10.1 Å². The van der Waals surface area contributed by atoms with Crippen LogP contribution in [-0.2, 0) is 13.0 Å². The lowest BCUT2D eigenvalue weighted by Crippen LogP contribution is -2.17. The predicted octanol–water partition coefficient (Wildman–Crippen LogP) is 2.96. The van der Waals surface area contributed by atoms with Crippen LogP contribution in [0.25, 0.3) is 0 Å². The van der Waals surface area contributed by atoms with Crippen molar-refractivity contribution in [3.63, 3.8) is 0 Å². The van der Waals surface area contributed by atoms with Crippen molar-refractivity contribution in [2.75, 3.05) is 6.54 Å². The Kier molecular flexibility index (Phi) is 4.15. The van der Waals surface area contributed by atoms with Gasteiger partial charge in [0.25, 0.3) is 0 Å². The minimum absolute atomic E-state index is 0.0628. The highest BCUT2D eigenvalue weighted by molar-refractivity contribution is 5.38. The van der Waals surface area contributed by atoms with Gasteiger partial charge in [-0.2, -0.15) is 0 Å². The molecule has 2 aromatic rings.